The summed E-state index contributed by atoms with van der Waals surface area (Å²) >= 11 is 0. The van der Waals surface area contributed by atoms with Crippen molar-refractivity contribution in [2.24, 2.45) is 0 Å². The van der Waals surface area contributed by atoms with Crippen LogP contribution in [0.1, 0.15) is 32.8 Å². The van der Waals surface area contributed by atoms with Gasteiger partial charge in [-0.05, 0) is 26.3 Å². The number of rotatable bonds is 7. The molecule has 0 saturated carbocycles. The Morgan fingerprint density at radius 3 is 2.30 bits per heavy atom. The van der Waals surface area contributed by atoms with Crippen LogP contribution in [-0.2, 0) is 20.9 Å². The monoisotopic (exact) mass is 325 g/mol. The van der Waals surface area contributed by atoms with Crippen molar-refractivity contribution in [2.45, 2.75) is 45.1 Å². The third-order valence-electron chi connectivity index (χ3n) is 2.78. The van der Waals surface area contributed by atoms with Crippen LogP contribution in [0.2, 0.25) is 0 Å². The maximum absolute atomic E-state index is 11.6. The van der Waals surface area contributed by atoms with E-state index in [-0.39, 0.29) is 19.6 Å². The second kappa shape index (κ2) is 7.94. The molecule has 1 aromatic rings. The zero-order valence-electron chi connectivity index (χ0n) is 13.5. The van der Waals surface area contributed by atoms with Crippen LogP contribution in [0.4, 0.5) is 4.79 Å². The Balaban J connectivity index is 2.50. The van der Waals surface area contributed by atoms with Crippen molar-refractivity contribution in [3.8, 4) is 0 Å². The molecule has 0 heterocycles. The number of hydrogen-bond acceptors (Lipinski definition) is 5. The first-order chi connectivity index (χ1) is 10.6. The van der Waals surface area contributed by atoms with Crippen molar-refractivity contribution >= 4 is 12.1 Å². The molecule has 1 atom stereocenters. The number of ether oxygens (including phenoxy) is 2. The summed E-state index contributed by atoms with van der Waals surface area (Å²) in [4.78, 5) is 22.8. The van der Waals surface area contributed by atoms with Gasteiger partial charge in [0, 0.05) is 6.42 Å². The fourth-order valence-corrected chi connectivity index (χ4v) is 1.68. The summed E-state index contributed by atoms with van der Waals surface area (Å²) in [6, 6.07) is 9.31. The van der Waals surface area contributed by atoms with E-state index in [0.717, 1.165) is 5.56 Å². The summed E-state index contributed by atoms with van der Waals surface area (Å²) in [7, 11) is 0. The van der Waals surface area contributed by atoms with Gasteiger partial charge in [-0.2, -0.15) is 0 Å². The van der Waals surface area contributed by atoms with Crippen LogP contribution >= 0.6 is 0 Å². The van der Waals surface area contributed by atoms with Gasteiger partial charge in [0.25, 0.3) is 0 Å². The van der Waals surface area contributed by atoms with Crippen LogP contribution in [0.3, 0.4) is 0 Å². The Kier molecular flexibility index (Phi) is 6.53. The molecule has 3 N–H and O–H groups in total. The number of nitrogens with one attached hydrogen (secondary N) is 1. The number of aliphatic hydroxyl groups is 1. The van der Waals surface area contributed by atoms with Crippen LogP contribution in [0, 0.1) is 0 Å². The molecule has 1 rings (SSSR count). The van der Waals surface area contributed by atoms with Crippen molar-refractivity contribution in [1.82, 2.24) is 5.32 Å². The molecule has 23 heavy (non-hydrogen) atoms. The van der Waals surface area contributed by atoms with Gasteiger partial charge >= 0.3 is 12.1 Å². The van der Waals surface area contributed by atoms with Crippen LogP contribution in [0.15, 0.2) is 30.3 Å². The molecule has 0 spiro atoms. The molecule has 0 aliphatic carbocycles. The first-order valence-electron chi connectivity index (χ1n) is 7.21. The van der Waals surface area contributed by atoms with E-state index >= 15 is 0 Å². The lowest BCUT2D eigenvalue weighted by Gasteiger charge is -2.27. The topological polar surface area (TPSA) is 105 Å². The van der Waals surface area contributed by atoms with Gasteiger partial charge in [-0.1, -0.05) is 30.3 Å². The van der Waals surface area contributed by atoms with Crippen molar-refractivity contribution in [2.75, 3.05) is 6.61 Å². The highest BCUT2D eigenvalue weighted by atomic mass is 16.6. The number of carboxylic acid groups (broad SMARTS) is 1. The molecule has 0 saturated heterocycles. The molecule has 0 aromatic heterocycles. The summed E-state index contributed by atoms with van der Waals surface area (Å²) in [6.07, 6.45) is -1.32. The lowest BCUT2D eigenvalue weighted by molar-refractivity contribution is -0.164. The molecule has 0 fully saturated rings. The number of hydrogen-bond donors (Lipinski definition) is 3. The number of carbonyl (C=O) groups excluding carboxylic acids is 1. The normalized spacial score (nSPS) is 13.9. The second-order valence-corrected chi connectivity index (χ2v) is 6.08. The minimum atomic E-state index is -2.45. The van der Waals surface area contributed by atoms with Crippen LogP contribution in [0.5, 0.6) is 0 Å². The molecule has 7 nitrogen and oxygen atoms in total. The SMILES string of the molecule is CC(C)(C)OC(=O)N[C@](O)(CCOCc1ccccc1)C(=O)O. The standard InChI is InChI=1S/C16H23NO6/c1-15(2,3)23-14(20)17-16(21,13(18)19)9-10-22-11-12-7-5-4-6-8-12/h4-8,21H,9-11H2,1-3H3,(H,17,20)(H,18,19)/t16-/m0/s1. The fourth-order valence-electron chi connectivity index (χ4n) is 1.68. The number of benzene rings is 1. The number of aliphatic carboxylic acids is 1. The number of amides is 1. The molecule has 0 radical (unpaired) electrons. The Morgan fingerprint density at radius 2 is 1.78 bits per heavy atom. The molecule has 0 aliphatic rings. The molecular weight excluding hydrogens is 302 g/mol. The maximum Gasteiger partial charge on any atom is 0.410 e. The quantitative estimate of drug-likeness (QED) is 0.522. The maximum atomic E-state index is 11.6. The number of alkyl carbamates (subject to hydrolysis) is 1. The van der Waals surface area contributed by atoms with Gasteiger partial charge in [0.05, 0.1) is 13.2 Å². The lowest BCUT2D eigenvalue weighted by atomic mass is 10.1. The summed E-state index contributed by atoms with van der Waals surface area (Å²) < 4.78 is 10.3. The van der Waals surface area contributed by atoms with Gasteiger partial charge < -0.3 is 19.7 Å². The van der Waals surface area contributed by atoms with E-state index in [0.29, 0.717) is 0 Å². The summed E-state index contributed by atoms with van der Waals surface area (Å²) in [5.74, 6) is -1.58. The smallest absolute Gasteiger partial charge is 0.410 e. The highest BCUT2D eigenvalue weighted by molar-refractivity contribution is 5.82. The largest absolute Gasteiger partial charge is 0.478 e. The third-order valence-corrected chi connectivity index (χ3v) is 2.78. The zero-order chi connectivity index (χ0) is 17.5. The number of carboxylic acids is 1. The van der Waals surface area contributed by atoms with Gasteiger partial charge in [0.15, 0.2) is 0 Å². The van der Waals surface area contributed by atoms with E-state index in [2.05, 4.69) is 0 Å². The zero-order valence-corrected chi connectivity index (χ0v) is 13.5. The average Bonchev–Trinajstić information content (AvgIpc) is 2.42. The van der Waals surface area contributed by atoms with E-state index in [1.807, 2.05) is 35.6 Å². The average molecular weight is 325 g/mol. The first-order valence-corrected chi connectivity index (χ1v) is 7.21. The highest BCUT2D eigenvalue weighted by Gasteiger charge is 2.38. The summed E-state index contributed by atoms with van der Waals surface area (Å²) in [6.45, 7) is 5.14. The van der Waals surface area contributed by atoms with E-state index in [1.165, 1.54) is 0 Å². The minimum Gasteiger partial charge on any atom is -0.478 e. The first kappa shape index (κ1) is 18.9. The van der Waals surface area contributed by atoms with Gasteiger partial charge in [-0.3, -0.25) is 5.32 Å². The van der Waals surface area contributed by atoms with Crippen molar-refractivity contribution in [3.63, 3.8) is 0 Å². The second-order valence-electron chi connectivity index (χ2n) is 6.08. The van der Waals surface area contributed by atoms with Crippen molar-refractivity contribution in [3.05, 3.63) is 35.9 Å². The molecule has 128 valence electrons. The van der Waals surface area contributed by atoms with Crippen LogP contribution in [-0.4, -0.2) is 40.2 Å². The molecule has 0 bridgehead atoms. The van der Waals surface area contributed by atoms with Gasteiger partial charge in [0.1, 0.15) is 5.60 Å². The Hall–Kier alpha value is -2.12. The van der Waals surface area contributed by atoms with Crippen molar-refractivity contribution < 1.29 is 29.3 Å². The minimum absolute atomic E-state index is 0.0481. The van der Waals surface area contributed by atoms with Crippen molar-refractivity contribution in [1.29, 1.82) is 0 Å². The molecule has 1 amide bonds. The van der Waals surface area contributed by atoms with Crippen LogP contribution in [0.25, 0.3) is 0 Å². The van der Waals surface area contributed by atoms with Gasteiger partial charge in [-0.15, -0.1) is 0 Å². The molecular formula is C16H23NO6. The Labute approximate surface area is 135 Å². The van der Waals surface area contributed by atoms with Gasteiger partial charge in [-0.25, -0.2) is 9.59 Å². The highest BCUT2D eigenvalue weighted by Crippen LogP contribution is 2.12. The summed E-state index contributed by atoms with van der Waals surface area (Å²) in [5.41, 5.74) is -2.32. The predicted octanol–water partition coefficient (Wildman–Crippen LogP) is 1.89. The molecule has 0 aliphatic heterocycles. The number of carbonyl (C=O) groups is 2. The summed E-state index contributed by atoms with van der Waals surface area (Å²) in [5, 5.41) is 21.1. The molecule has 0 unspecified atom stereocenters. The van der Waals surface area contributed by atoms with E-state index in [9.17, 15) is 14.7 Å². The molecule has 1 aromatic carbocycles. The van der Waals surface area contributed by atoms with Crippen LogP contribution < -0.4 is 5.32 Å². The molecule has 7 heteroatoms. The van der Waals surface area contributed by atoms with E-state index in [1.54, 1.807) is 20.8 Å². The predicted molar refractivity (Wildman–Crippen MR) is 82.7 cm³/mol. The Morgan fingerprint density at radius 1 is 1.17 bits per heavy atom. The van der Waals surface area contributed by atoms with Gasteiger partial charge in [0.2, 0.25) is 5.72 Å². The third kappa shape index (κ3) is 7.12. The lowest BCUT2D eigenvalue weighted by Crippen LogP contribution is -2.56. The Bertz CT molecular complexity index is 525. The van der Waals surface area contributed by atoms with E-state index in [4.69, 9.17) is 14.6 Å². The van der Waals surface area contributed by atoms with E-state index < -0.39 is 23.4 Å². The fraction of sp³-hybridized carbons (Fsp3) is 0.500.